The Balaban J connectivity index is 1.30. The number of benzene rings is 1. The number of aromatic nitrogens is 1. The quantitative estimate of drug-likeness (QED) is 0.453. The summed E-state index contributed by atoms with van der Waals surface area (Å²) in [7, 11) is 2.16. The first-order valence-corrected chi connectivity index (χ1v) is 12.5. The van der Waals surface area contributed by atoms with Crippen LogP contribution in [0, 0.1) is 13.5 Å². The number of hydrogen-bond acceptors (Lipinski definition) is 6. The molecule has 2 aliphatic heterocycles. The SMILES string of the molecule is [C-]#[N+]c1ncc(N2C(=O)C3(CCC3)N(c3ccc(OCCN4CCN(C)CC4)cc3)C2=S)cc1C. The molecular formula is C26H30N6O2S. The van der Waals surface area contributed by atoms with E-state index >= 15 is 0 Å². The summed E-state index contributed by atoms with van der Waals surface area (Å²) in [5, 5.41) is 0.454. The third-order valence-corrected chi connectivity index (χ3v) is 7.73. The number of rotatable bonds is 6. The molecule has 0 unspecified atom stereocenters. The fourth-order valence-corrected chi connectivity index (χ4v) is 5.52. The van der Waals surface area contributed by atoms with Gasteiger partial charge in [0.15, 0.2) is 5.11 Å². The van der Waals surface area contributed by atoms with E-state index in [1.54, 1.807) is 11.1 Å². The van der Waals surface area contributed by atoms with Gasteiger partial charge in [-0.05, 0) is 81.3 Å². The summed E-state index contributed by atoms with van der Waals surface area (Å²) in [6, 6.07) is 9.70. The van der Waals surface area contributed by atoms with Crippen LogP contribution in [0.5, 0.6) is 5.75 Å². The van der Waals surface area contributed by atoms with Crippen LogP contribution in [0.15, 0.2) is 36.5 Å². The van der Waals surface area contributed by atoms with Crippen LogP contribution in [0.3, 0.4) is 0 Å². The molecular weight excluding hydrogens is 460 g/mol. The minimum atomic E-state index is -0.646. The molecule has 0 atom stereocenters. The third kappa shape index (κ3) is 4.27. The van der Waals surface area contributed by atoms with Crippen molar-refractivity contribution >= 4 is 40.4 Å². The highest BCUT2D eigenvalue weighted by atomic mass is 32.1. The van der Waals surface area contributed by atoms with Gasteiger partial charge >= 0.3 is 0 Å². The van der Waals surface area contributed by atoms with E-state index in [9.17, 15) is 4.79 Å². The summed E-state index contributed by atoms with van der Waals surface area (Å²) >= 11 is 5.84. The topological polar surface area (TPSA) is 56.5 Å². The van der Waals surface area contributed by atoms with Crippen molar-refractivity contribution in [2.75, 3.05) is 56.2 Å². The first-order chi connectivity index (χ1) is 16.9. The molecule has 182 valence electrons. The van der Waals surface area contributed by atoms with Crippen molar-refractivity contribution in [1.29, 1.82) is 0 Å². The number of carbonyl (C=O) groups excluding carboxylic acids is 1. The summed E-state index contributed by atoms with van der Waals surface area (Å²) in [5.74, 6) is 1.14. The van der Waals surface area contributed by atoms with E-state index in [0.717, 1.165) is 69.0 Å². The monoisotopic (exact) mass is 490 g/mol. The number of pyridine rings is 1. The lowest BCUT2D eigenvalue weighted by Crippen LogP contribution is -2.55. The van der Waals surface area contributed by atoms with E-state index in [2.05, 4.69) is 26.7 Å². The van der Waals surface area contributed by atoms with E-state index in [1.807, 2.05) is 42.2 Å². The highest BCUT2D eigenvalue weighted by Gasteiger charge is 2.59. The van der Waals surface area contributed by atoms with Crippen LogP contribution in [0.4, 0.5) is 17.2 Å². The van der Waals surface area contributed by atoms with Crippen LogP contribution < -0.4 is 14.5 Å². The van der Waals surface area contributed by atoms with Crippen LogP contribution >= 0.6 is 12.2 Å². The second-order valence-electron chi connectivity index (χ2n) is 9.58. The Labute approximate surface area is 211 Å². The molecule has 3 fully saturated rings. The molecule has 0 N–H and O–H groups in total. The number of ether oxygens (including phenoxy) is 1. The molecule has 2 saturated heterocycles. The van der Waals surface area contributed by atoms with Gasteiger partial charge in [0.05, 0.1) is 5.69 Å². The molecule has 2 aromatic rings. The van der Waals surface area contributed by atoms with Gasteiger partial charge in [-0.2, -0.15) is 0 Å². The van der Waals surface area contributed by atoms with Gasteiger partial charge in [-0.15, -0.1) is 4.98 Å². The number of hydrogen-bond donors (Lipinski definition) is 0. The highest BCUT2D eigenvalue weighted by Crippen LogP contribution is 2.48. The molecule has 35 heavy (non-hydrogen) atoms. The van der Waals surface area contributed by atoms with Crippen LogP contribution in [-0.2, 0) is 4.79 Å². The molecule has 0 bridgehead atoms. The molecule has 1 amide bonds. The van der Waals surface area contributed by atoms with Crippen LogP contribution in [0.25, 0.3) is 4.85 Å². The first kappa shape index (κ1) is 23.7. The number of nitrogens with zero attached hydrogens (tertiary/aromatic N) is 6. The molecule has 8 nitrogen and oxygen atoms in total. The molecule has 0 radical (unpaired) electrons. The number of likely N-dealkylation sites (N-methyl/N-ethyl adjacent to an activating group) is 1. The summed E-state index contributed by atoms with van der Waals surface area (Å²) in [6.07, 6.45) is 4.08. The molecule has 1 aliphatic carbocycles. The minimum Gasteiger partial charge on any atom is -0.492 e. The van der Waals surface area contributed by atoms with Crippen molar-refractivity contribution in [2.45, 2.75) is 31.7 Å². The van der Waals surface area contributed by atoms with Crippen molar-refractivity contribution in [3.63, 3.8) is 0 Å². The van der Waals surface area contributed by atoms with E-state index in [0.29, 0.717) is 23.2 Å². The second-order valence-corrected chi connectivity index (χ2v) is 9.94. The maximum absolute atomic E-state index is 13.6. The van der Waals surface area contributed by atoms with Gasteiger partial charge in [0.2, 0.25) is 0 Å². The van der Waals surface area contributed by atoms with Gasteiger partial charge in [-0.25, -0.2) is 0 Å². The molecule has 1 saturated carbocycles. The Bertz CT molecular complexity index is 1170. The Morgan fingerprint density at radius 3 is 2.46 bits per heavy atom. The number of piperazine rings is 1. The second kappa shape index (κ2) is 9.53. The zero-order valence-corrected chi connectivity index (χ0v) is 21.1. The molecule has 5 rings (SSSR count). The van der Waals surface area contributed by atoms with Gasteiger partial charge in [0.1, 0.15) is 24.1 Å². The molecule has 3 aliphatic rings. The standard InChI is InChI=1S/C26H30N6O2S/c1-19-17-21(18-28-23(19)27-2)31-24(33)26(9-4-10-26)32(25(31)35)20-5-7-22(8-6-20)34-16-15-30-13-11-29(3)12-14-30/h5-8,17-18H,4,9-16H2,1,3H3. The van der Waals surface area contributed by atoms with Gasteiger partial charge in [0, 0.05) is 38.4 Å². The maximum atomic E-state index is 13.6. The van der Waals surface area contributed by atoms with Crippen LogP contribution in [0.2, 0.25) is 0 Å². The maximum Gasteiger partial charge on any atom is 0.272 e. The molecule has 3 heterocycles. The van der Waals surface area contributed by atoms with Crippen LogP contribution in [-0.4, -0.2) is 77.7 Å². The van der Waals surface area contributed by atoms with E-state index in [4.69, 9.17) is 23.5 Å². The van der Waals surface area contributed by atoms with Gasteiger partial charge in [0.25, 0.3) is 11.7 Å². The van der Waals surface area contributed by atoms with Gasteiger partial charge in [-0.3, -0.25) is 14.6 Å². The largest absolute Gasteiger partial charge is 0.492 e. The van der Waals surface area contributed by atoms with E-state index in [1.165, 1.54) is 0 Å². The molecule has 1 spiro atoms. The Morgan fingerprint density at radius 1 is 1.14 bits per heavy atom. The summed E-state index contributed by atoms with van der Waals surface area (Å²) in [4.78, 5) is 29.6. The van der Waals surface area contributed by atoms with E-state index in [-0.39, 0.29) is 5.91 Å². The fourth-order valence-electron chi connectivity index (χ4n) is 5.06. The summed E-state index contributed by atoms with van der Waals surface area (Å²) in [6.45, 7) is 15.0. The van der Waals surface area contributed by atoms with Crippen LogP contribution in [0.1, 0.15) is 24.8 Å². The van der Waals surface area contributed by atoms with Crippen molar-refractivity contribution in [3.8, 4) is 5.75 Å². The van der Waals surface area contributed by atoms with Gasteiger partial charge < -0.3 is 19.4 Å². The number of amides is 1. The lowest BCUT2D eigenvalue weighted by molar-refractivity contribution is -0.123. The average molecular weight is 491 g/mol. The number of anilines is 2. The lowest BCUT2D eigenvalue weighted by atomic mass is 9.75. The number of carbonyl (C=O) groups is 1. The lowest BCUT2D eigenvalue weighted by Gasteiger charge is -2.43. The third-order valence-electron chi connectivity index (χ3n) is 7.36. The minimum absolute atomic E-state index is 0.0157. The zero-order chi connectivity index (χ0) is 24.6. The smallest absolute Gasteiger partial charge is 0.272 e. The predicted molar refractivity (Wildman–Crippen MR) is 140 cm³/mol. The van der Waals surface area contributed by atoms with Gasteiger partial charge in [-0.1, -0.05) is 6.57 Å². The zero-order valence-electron chi connectivity index (χ0n) is 20.2. The first-order valence-electron chi connectivity index (χ1n) is 12.1. The normalized spacial score (nSPS) is 20.3. The Kier molecular flexibility index (Phi) is 6.45. The fraction of sp³-hybridized carbons (Fsp3) is 0.462. The highest BCUT2D eigenvalue weighted by molar-refractivity contribution is 7.81. The van der Waals surface area contributed by atoms with Crippen molar-refractivity contribution < 1.29 is 9.53 Å². The number of thiocarbonyl (C=S) groups is 1. The average Bonchev–Trinajstić information content (AvgIpc) is 3.07. The summed E-state index contributed by atoms with van der Waals surface area (Å²) in [5.41, 5.74) is 1.59. The molecule has 1 aromatic heterocycles. The van der Waals surface area contributed by atoms with E-state index < -0.39 is 5.54 Å². The summed E-state index contributed by atoms with van der Waals surface area (Å²) < 4.78 is 6.00. The molecule has 1 aromatic carbocycles. The van der Waals surface area contributed by atoms with Crippen molar-refractivity contribution in [2.24, 2.45) is 0 Å². The Hall–Kier alpha value is -3.06. The predicted octanol–water partition coefficient (Wildman–Crippen LogP) is 3.63. The van der Waals surface area contributed by atoms with Crippen molar-refractivity contribution in [1.82, 2.24) is 14.8 Å². The molecule has 9 heteroatoms. The van der Waals surface area contributed by atoms with Crippen molar-refractivity contribution in [3.05, 3.63) is 53.5 Å². The Morgan fingerprint density at radius 2 is 1.86 bits per heavy atom. The number of aryl methyl sites for hydroxylation is 1.